The van der Waals surface area contributed by atoms with Gasteiger partial charge in [-0.05, 0) is 32.1 Å². The average Bonchev–Trinajstić information content (AvgIpc) is 3.27. The summed E-state index contributed by atoms with van der Waals surface area (Å²) in [5.74, 6) is 2.20. The Hall–Kier alpha value is -2.09. The number of piperazine rings is 1. The summed E-state index contributed by atoms with van der Waals surface area (Å²) in [6, 6.07) is 2.15. The van der Waals surface area contributed by atoms with Crippen LogP contribution in [0.5, 0.6) is 0 Å². The van der Waals surface area contributed by atoms with E-state index in [1.165, 1.54) is 18.5 Å². The third-order valence-electron chi connectivity index (χ3n) is 5.12. The molecule has 4 rings (SSSR count). The molecule has 1 saturated carbocycles. The van der Waals surface area contributed by atoms with Crippen molar-refractivity contribution in [2.45, 2.75) is 46.0 Å². The Kier molecular flexibility index (Phi) is 5.08. The minimum Gasteiger partial charge on any atom is -0.352 e. The summed E-state index contributed by atoms with van der Waals surface area (Å²) in [7, 11) is 0. The Bertz CT molecular complexity index is 801. The van der Waals surface area contributed by atoms with Gasteiger partial charge in [-0.1, -0.05) is 13.8 Å². The van der Waals surface area contributed by atoms with Gasteiger partial charge in [0.2, 0.25) is 0 Å². The van der Waals surface area contributed by atoms with E-state index in [1.807, 2.05) is 11.8 Å². The van der Waals surface area contributed by atoms with E-state index < -0.39 is 0 Å². The van der Waals surface area contributed by atoms with Gasteiger partial charge in [-0.25, -0.2) is 9.78 Å². The van der Waals surface area contributed by atoms with Crippen molar-refractivity contribution in [3.8, 4) is 0 Å². The van der Waals surface area contributed by atoms with Crippen molar-refractivity contribution in [3.05, 3.63) is 22.5 Å². The lowest BCUT2D eigenvalue weighted by molar-refractivity contribution is 0.208. The summed E-state index contributed by atoms with van der Waals surface area (Å²) in [6.45, 7) is 9.35. The van der Waals surface area contributed by atoms with Crippen molar-refractivity contribution in [2.75, 3.05) is 36.4 Å². The van der Waals surface area contributed by atoms with Crippen LogP contribution in [0.15, 0.2) is 6.07 Å². The fraction of sp³-hybridized carbons (Fsp3) is 0.632. The first-order valence-electron chi connectivity index (χ1n) is 9.82. The molecule has 1 aliphatic heterocycles. The van der Waals surface area contributed by atoms with Crippen LogP contribution in [0.2, 0.25) is 0 Å². The number of hydrogen-bond donors (Lipinski definition) is 2. The minimum atomic E-state index is -0.0241. The van der Waals surface area contributed by atoms with E-state index in [0.717, 1.165) is 41.0 Å². The van der Waals surface area contributed by atoms with Crippen LogP contribution >= 0.6 is 11.3 Å². The first kappa shape index (κ1) is 18.3. The molecular weight excluding hydrogens is 360 g/mol. The quantitative estimate of drug-likeness (QED) is 0.820. The summed E-state index contributed by atoms with van der Waals surface area (Å²) in [5, 5.41) is 12.6. The highest BCUT2D eigenvalue weighted by Gasteiger charge is 2.28. The number of H-pyrrole nitrogens is 1. The number of rotatable bonds is 5. The van der Waals surface area contributed by atoms with Gasteiger partial charge in [-0.15, -0.1) is 11.3 Å². The van der Waals surface area contributed by atoms with Crippen LogP contribution in [0.4, 0.5) is 15.6 Å². The monoisotopic (exact) mass is 388 g/mol. The van der Waals surface area contributed by atoms with Gasteiger partial charge < -0.3 is 9.80 Å². The summed E-state index contributed by atoms with van der Waals surface area (Å²) in [4.78, 5) is 21.4. The molecule has 3 heterocycles. The largest absolute Gasteiger partial charge is 0.352 e. The molecular formula is C19H28N6OS. The molecule has 2 amide bonds. The molecule has 7 nitrogen and oxygen atoms in total. The maximum atomic E-state index is 12.7. The normalized spacial score (nSPS) is 17.6. The van der Waals surface area contributed by atoms with E-state index >= 15 is 0 Å². The summed E-state index contributed by atoms with van der Waals surface area (Å²) in [6.07, 6.45) is 3.42. The molecule has 0 radical (unpaired) electrons. The predicted molar refractivity (Wildman–Crippen MR) is 109 cm³/mol. The molecule has 2 fully saturated rings. The molecule has 2 N–H and O–H groups in total. The number of aryl methyl sites for hydroxylation is 1. The summed E-state index contributed by atoms with van der Waals surface area (Å²) in [5.41, 5.74) is 2.26. The lowest BCUT2D eigenvalue weighted by Crippen LogP contribution is -2.50. The number of urea groups is 1. The first-order chi connectivity index (χ1) is 13.0. The van der Waals surface area contributed by atoms with E-state index in [-0.39, 0.29) is 6.03 Å². The molecule has 1 aliphatic carbocycles. The molecule has 2 aromatic rings. The average molecular weight is 389 g/mol. The Morgan fingerprint density at radius 3 is 2.74 bits per heavy atom. The number of nitrogens with zero attached hydrogens (tertiary/aromatic N) is 4. The third-order valence-corrected chi connectivity index (χ3v) is 6.05. The standard InChI is InChI=1S/C19H28N6OS/c1-12(2)10-16-18(27-13(3)20-16)21-19(26)25-8-6-24(7-9-25)17-11-15(22-23-17)14-4-5-14/h11-12,14H,4-10H2,1-3H3,(H,21,26)(H,22,23). The Morgan fingerprint density at radius 2 is 2.07 bits per heavy atom. The zero-order chi connectivity index (χ0) is 19.0. The Morgan fingerprint density at radius 1 is 1.33 bits per heavy atom. The lowest BCUT2D eigenvalue weighted by atomic mass is 10.1. The van der Waals surface area contributed by atoms with Crippen molar-refractivity contribution < 1.29 is 4.79 Å². The van der Waals surface area contributed by atoms with Crippen molar-refractivity contribution >= 4 is 28.2 Å². The molecule has 0 bridgehead atoms. The van der Waals surface area contributed by atoms with E-state index in [0.29, 0.717) is 24.9 Å². The molecule has 2 aliphatic rings. The predicted octanol–water partition coefficient (Wildman–Crippen LogP) is 3.60. The van der Waals surface area contributed by atoms with Gasteiger partial charge in [-0.3, -0.25) is 10.4 Å². The second-order valence-electron chi connectivity index (χ2n) is 7.97. The fourth-order valence-corrected chi connectivity index (χ4v) is 4.34. The van der Waals surface area contributed by atoms with Gasteiger partial charge in [0.1, 0.15) is 5.00 Å². The summed E-state index contributed by atoms with van der Waals surface area (Å²) >= 11 is 1.56. The van der Waals surface area contributed by atoms with E-state index in [1.54, 1.807) is 11.3 Å². The number of anilines is 2. The first-order valence-corrected chi connectivity index (χ1v) is 10.6. The van der Waals surface area contributed by atoms with Crippen LogP contribution < -0.4 is 10.2 Å². The van der Waals surface area contributed by atoms with Crippen molar-refractivity contribution in [1.82, 2.24) is 20.1 Å². The third kappa shape index (κ3) is 4.26. The number of nitrogens with one attached hydrogen (secondary N) is 2. The fourth-order valence-electron chi connectivity index (χ4n) is 3.50. The van der Waals surface area contributed by atoms with Crippen LogP contribution in [0.3, 0.4) is 0 Å². The number of hydrogen-bond acceptors (Lipinski definition) is 5. The van der Waals surface area contributed by atoms with Crippen LogP contribution in [0, 0.1) is 12.8 Å². The highest BCUT2D eigenvalue weighted by molar-refractivity contribution is 7.16. The number of aromatic nitrogens is 3. The maximum absolute atomic E-state index is 12.7. The number of aromatic amines is 1. The van der Waals surface area contributed by atoms with Crippen LogP contribution in [0.25, 0.3) is 0 Å². The van der Waals surface area contributed by atoms with Gasteiger partial charge in [0.05, 0.1) is 10.7 Å². The molecule has 0 aromatic carbocycles. The molecule has 27 heavy (non-hydrogen) atoms. The van der Waals surface area contributed by atoms with Crippen molar-refractivity contribution in [3.63, 3.8) is 0 Å². The minimum absolute atomic E-state index is 0.0241. The number of amides is 2. The van der Waals surface area contributed by atoms with Crippen LogP contribution in [-0.2, 0) is 6.42 Å². The Balaban J connectivity index is 1.33. The van der Waals surface area contributed by atoms with E-state index in [9.17, 15) is 4.79 Å². The number of thiazole rings is 1. The SMILES string of the molecule is Cc1nc(CC(C)C)c(NC(=O)N2CCN(c3cc(C4CC4)[nH]n3)CC2)s1. The lowest BCUT2D eigenvalue weighted by Gasteiger charge is -2.34. The molecule has 0 unspecified atom stereocenters. The van der Waals surface area contributed by atoms with E-state index in [2.05, 4.69) is 45.3 Å². The Labute approximate surface area is 164 Å². The highest BCUT2D eigenvalue weighted by atomic mass is 32.1. The van der Waals surface area contributed by atoms with Gasteiger partial charge in [0.15, 0.2) is 5.82 Å². The molecule has 0 spiro atoms. The van der Waals surface area contributed by atoms with Gasteiger partial charge in [0, 0.05) is 43.9 Å². The molecule has 2 aromatic heterocycles. The van der Waals surface area contributed by atoms with Crippen molar-refractivity contribution in [2.24, 2.45) is 5.92 Å². The number of carbonyl (C=O) groups excluding carboxylic acids is 1. The van der Waals surface area contributed by atoms with E-state index in [4.69, 9.17) is 0 Å². The molecule has 0 atom stereocenters. The number of carbonyl (C=O) groups is 1. The van der Waals surface area contributed by atoms with Crippen LogP contribution in [0.1, 0.15) is 49.0 Å². The van der Waals surface area contributed by atoms with Gasteiger partial charge in [-0.2, -0.15) is 5.10 Å². The molecule has 146 valence electrons. The van der Waals surface area contributed by atoms with Crippen molar-refractivity contribution in [1.29, 1.82) is 0 Å². The molecule has 8 heteroatoms. The second-order valence-corrected chi connectivity index (χ2v) is 9.17. The highest BCUT2D eigenvalue weighted by Crippen LogP contribution is 2.39. The zero-order valence-corrected chi connectivity index (χ0v) is 17.1. The maximum Gasteiger partial charge on any atom is 0.322 e. The second kappa shape index (κ2) is 7.50. The van der Waals surface area contributed by atoms with Crippen LogP contribution in [-0.4, -0.2) is 52.3 Å². The van der Waals surface area contributed by atoms with Gasteiger partial charge in [0.25, 0.3) is 0 Å². The smallest absolute Gasteiger partial charge is 0.322 e. The topological polar surface area (TPSA) is 77.2 Å². The molecule has 1 saturated heterocycles. The zero-order valence-electron chi connectivity index (χ0n) is 16.3. The summed E-state index contributed by atoms with van der Waals surface area (Å²) < 4.78 is 0. The van der Waals surface area contributed by atoms with Gasteiger partial charge >= 0.3 is 6.03 Å².